The molecule has 2 saturated heterocycles. The summed E-state index contributed by atoms with van der Waals surface area (Å²) in [5.41, 5.74) is 2.06. The number of thioether (sulfide) groups is 1. The smallest absolute Gasteiger partial charge is 0.298 e. The molecule has 180 valence electrons. The molecule has 0 aliphatic carbocycles. The molecule has 2 fully saturated rings. The Balaban J connectivity index is 1.41. The van der Waals surface area contributed by atoms with Crippen LogP contribution in [0.3, 0.4) is 0 Å². The van der Waals surface area contributed by atoms with E-state index in [1.807, 2.05) is 29.0 Å². The van der Waals surface area contributed by atoms with Crippen LogP contribution >= 0.6 is 39.3 Å². The number of carbonyl (C=O) groups is 3. The highest BCUT2D eigenvalue weighted by atomic mass is 79.9. The maximum absolute atomic E-state index is 13.1. The number of nitrogens with one attached hydrogen (secondary N) is 1. The Kier molecular flexibility index (Phi) is 7.02. The maximum Gasteiger partial charge on any atom is 0.298 e. The second-order valence-electron chi connectivity index (χ2n) is 8.31. The van der Waals surface area contributed by atoms with Crippen LogP contribution in [0.2, 0.25) is 5.02 Å². The van der Waals surface area contributed by atoms with Crippen LogP contribution in [0.1, 0.15) is 18.4 Å². The van der Waals surface area contributed by atoms with E-state index in [-0.39, 0.29) is 23.8 Å². The molecule has 7 nitrogen and oxygen atoms in total. The quantitative estimate of drug-likeness (QED) is 0.388. The summed E-state index contributed by atoms with van der Waals surface area (Å²) in [7, 11) is 0. The summed E-state index contributed by atoms with van der Waals surface area (Å²) in [5, 5.41) is 3.96. The van der Waals surface area contributed by atoms with Crippen LogP contribution in [0.25, 0.3) is 17.0 Å². The molecular formula is C25H21BrClN3O4S. The van der Waals surface area contributed by atoms with Crippen molar-refractivity contribution in [2.24, 2.45) is 0 Å². The van der Waals surface area contributed by atoms with E-state index in [0.29, 0.717) is 22.2 Å². The molecule has 0 spiro atoms. The SMILES string of the molecule is O=C(Cn1cc(/C=C2\SC(=O)N(c3ccc(Cl)cc3)C2=O)c2cc(Br)ccc21)NC[C@@H]1CCCO1. The molecule has 0 bridgehead atoms. The molecule has 2 aliphatic heterocycles. The van der Waals surface area contributed by atoms with Crippen molar-refractivity contribution in [2.45, 2.75) is 25.5 Å². The lowest BCUT2D eigenvalue weighted by Crippen LogP contribution is -2.34. The van der Waals surface area contributed by atoms with Crippen molar-refractivity contribution in [3.63, 3.8) is 0 Å². The summed E-state index contributed by atoms with van der Waals surface area (Å²) in [6.07, 6.45) is 5.58. The highest BCUT2D eigenvalue weighted by Gasteiger charge is 2.36. The lowest BCUT2D eigenvalue weighted by atomic mass is 10.1. The topological polar surface area (TPSA) is 80.6 Å². The van der Waals surface area contributed by atoms with Crippen LogP contribution in [0.5, 0.6) is 0 Å². The zero-order valence-electron chi connectivity index (χ0n) is 18.5. The Bertz CT molecular complexity index is 1350. The number of halogens is 2. The van der Waals surface area contributed by atoms with E-state index in [9.17, 15) is 14.4 Å². The molecule has 3 heterocycles. The van der Waals surface area contributed by atoms with Gasteiger partial charge in [-0.1, -0.05) is 27.5 Å². The van der Waals surface area contributed by atoms with Gasteiger partial charge in [-0.15, -0.1) is 0 Å². The average molecular weight is 575 g/mol. The van der Waals surface area contributed by atoms with Gasteiger partial charge in [0.25, 0.3) is 11.1 Å². The molecule has 1 N–H and O–H groups in total. The normalized spacial score (nSPS) is 19.3. The number of carbonyl (C=O) groups excluding carboxylic acids is 3. The first-order chi connectivity index (χ1) is 16.9. The van der Waals surface area contributed by atoms with Gasteiger partial charge < -0.3 is 14.6 Å². The summed E-state index contributed by atoms with van der Waals surface area (Å²) in [6.45, 7) is 1.36. The second-order valence-corrected chi connectivity index (χ2v) is 10.7. The number of anilines is 1. The lowest BCUT2D eigenvalue weighted by molar-refractivity contribution is -0.122. The molecule has 1 aromatic heterocycles. The number of hydrogen-bond donors (Lipinski definition) is 1. The first kappa shape index (κ1) is 24.1. The molecule has 0 unspecified atom stereocenters. The van der Waals surface area contributed by atoms with Crippen LogP contribution in [0.4, 0.5) is 10.5 Å². The number of amides is 3. The Hall–Kier alpha value is -2.59. The standard InChI is InChI=1S/C25H21BrClN3O4S/c26-16-3-8-21-20(11-16)15(13-29(21)14-23(31)28-12-19-2-1-9-34-19)10-22-24(32)30(25(33)35-22)18-6-4-17(27)5-7-18/h3-8,10-11,13,19H,1-2,9,12,14H2,(H,28,31)/b22-10-/t19-/m0/s1. The minimum Gasteiger partial charge on any atom is -0.376 e. The second kappa shape index (κ2) is 10.2. The lowest BCUT2D eigenvalue weighted by Gasteiger charge is -2.12. The van der Waals surface area contributed by atoms with Gasteiger partial charge >= 0.3 is 0 Å². The third kappa shape index (κ3) is 5.18. The number of hydrogen-bond acceptors (Lipinski definition) is 5. The molecule has 3 amide bonds. The highest BCUT2D eigenvalue weighted by molar-refractivity contribution is 9.10. The van der Waals surface area contributed by atoms with Crippen LogP contribution in [-0.4, -0.2) is 40.9 Å². The van der Waals surface area contributed by atoms with Gasteiger partial charge in [-0.25, -0.2) is 4.90 Å². The molecule has 2 aliphatic rings. The minimum absolute atomic E-state index is 0.0723. The number of nitrogens with zero attached hydrogens (tertiary/aromatic N) is 2. The molecule has 35 heavy (non-hydrogen) atoms. The van der Waals surface area contributed by atoms with Crippen LogP contribution in [0.15, 0.2) is 58.0 Å². The molecule has 0 saturated carbocycles. The summed E-state index contributed by atoms with van der Waals surface area (Å²) in [4.78, 5) is 39.8. The molecule has 5 rings (SSSR count). The molecule has 2 aromatic carbocycles. The number of aromatic nitrogens is 1. The number of imide groups is 1. The number of rotatable bonds is 6. The first-order valence-electron chi connectivity index (χ1n) is 11.1. The van der Waals surface area contributed by atoms with Crippen molar-refractivity contribution in [3.8, 4) is 0 Å². The van der Waals surface area contributed by atoms with Gasteiger partial charge in [0, 0.05) is 45.3 Å². The van der Waals surface area contributed by atoms with E-state index in [2.05, 4.69) is 21.2 Å². The average Bonchev–Trinajstić information content (AvgIpc) is 3.53. The van der Waals surface area contributed by atoms with E-state index in [4.69, 9.17) is 16.3 Å². The first-order valence-corrected chi connectivity index (χ1v) is 13.1. The largest absolute Gasteiger partial charge is 0.376 e. The Morgan fingerprint density at radius 2 is 2.03 bits per heavy atom. The highest BCUT2D eigenvalue weighted by Crippen LogP contribution is 2.37. The van der Waals surface area contributed by atoms with E-state index < -0.39 is 5.91 Å². The third-order valence-corrected chi connectivity index (χ3v) is 7.52. The van der Waals surface area contributed by atoms with Crippen LogP contribution < -0.4 is 10.2 Å². The van der Waals surface area contributed by atoms with E-state index in [1.54, 1.807) is 30.3 Å². The van der Waals surface area contributed by atoms with Crippen LogP contribution in [-0.2, 0) is 20.9 Å². The fourth-order valence-corrected chi connectivity index (χ4v) is 5.53. The summed E-state index contributed by atoms with van der Waals surface area (Å²) < 4.78 is 8.29. The predicted octanol–water partition coefficient (Wildman–Crippen LogP) is 5.59. The van der Waals surface area contributed by atoms with Crippen molar-refractivity contribution < 1.29 is 19.1 Å². The fraction of sp³-hybridized carbons (Fsp3) is 0.240. The third-order valence-electron chi connectivity index (χ3n) is 5.90. The van der Waals surface area contributed by atoms with Crippen molar-refractivity contribution in [1.29, 1.82) is 0 Å². The van der Waals surface area contributed by atoms with Gasteiger partial charge in [-0.05, 0) is 73.1 Å². The van der Waals surface area contributed by atoms with Crippen molar-refractivity contribution in [3.05, 3.63) is 68.6 Å². The van der Waals surface area contributed by atoms with E-state index in [1.165, 1.54) is 0 Å². The van der Waals surface area contributed by atoms with E-state index in [0.717, 1.165) is 57.0 Å². The van der Waals surface area contributed by atoms with Gasteiger partial charge in [0.15, 0.2) is 0 Å². The van der Waals surface area contributed by atoms with E-state index >= 15 is 0 Å². The van der Waals surface area contributed by atoms with Gasteiger partial charge in [0.2, 0.25) is 5.91 Å². The van der Waals surface area contributed by atoms with Crippen molar-refractivity contribution in [1.82, 2.24) is 9.88 Å². The molecule has 10 heteroatoms. The molecular weight excluding hydrogens is 554 g/mol. The number of ether oxygens (including phenoxy) is 1. The number of fused-ring (bicyclic) bond motifs is 1. The van der Waals surface area contributed by atoms with Gasteiger partial charge in [0.1, 0.15) is 6.54 Å². The molecule has 0 radical (unpaired) electrons. The van der Waals surface area contributed by atoms with Gasteiger partial charge in [0.05, 0.1) is 16.7 Å². The monoisotopic (exact) mass is 573 g/mol. The van der Waals surface area contributed by atoms with Gasteiger partial charge in [-0.2, -0.15) is 0 Å². The van der Waals surface area contributed by atoms with Crippen LogP contribution in [0, 0.1) is 0 Å². The molecule has 3 aromatic rings. The zero-order valence-corrected chi connectivity index (χ0v) is 21.7. The van der Waals surface area contributed by atoms with Crippen molar-refractivity contribution in [2.75, 3.05) is 18.1 Å². The molecule has 1 atom stereocenters. The van der Waals surface area contributed by atoms with Crippen molar-refractivity contribution >= 4 is 79.0 Å². The Morgan fingerprint density at radius 3 is 2.77 bits per heavy atom. The summed E-state index contributed by atoms with van der Waals surface area (Å²) in [5.74, 6) is -0.512. The fourth-order valence-electron chi connectivity index (χ4n) is 4.21. The minimum atomic E-state index is -0.396. The zero-order chi connectivity index (χ0) is 24.5. The predicted molar refractivity (Wildman–Crippen MR) is 142 cm³/mol. The Morgan fingerprint density at radius 1 is 1.23 bits per heavy atom. The summed E-state index contributed by atoms with van der Waals surface area (Å²) >= 11 is 10.3. The Labute approximate surface area is 219 Å². The summed E-state index contributed by atoms with van der Waals surface area (Å²) in [6, 6.07) is 12.3. The van der Waals surface area contributed by atoms with Gasteiger partial charge in [-0.3, -0.25) is 14.4 Å². The maximum atomic E-state index is 13.1. The number of benzene rings is 2.